The van der Waals surface area contributed by atoms with Gasteiger partial charge in [-0.15, -0.1) is 0 Å². The minimum atomic E-state index is 0. The molecule has 3 heteroatoms. The second kappa shape index (κ2) is 9.84. The Morgan fingerprint density at radius 2 is 1.38 bits per heavy atom. The first-order chi connectivity index (χ1) is 5.70. The molecule has 0 heterocycles. The summed E-state index contributed by atoms with van der Waals surface area (Å²) < 4.78 is 0. The maximum atomic E-state index is 2.21. The average molecular weight is 489 g/mol. The average Bonchev–Trinajstić information content (AvgIpc) is 2.09. The first kappa shape index (κ1) is 16.7. The van der Waals surface area contributed by atoms with Crippen molar-refractivity contribution in [1.29, 1.82) is 0 Å². The van der Waals surface area contributed by atoms with Gasteiger partial charge < -0.3 is 0 Å². The van der Waals surface area contributed by atoms with Gasteiger partial charge in [-0.05, 0) is 18.4 Å². The molecule has 0 fully saturated rings. The third-order valence-corrected chi connectivity index (χ3v) is 1.74. The predicted octanol–water partition coefficient (Wildman–Crippen LogP) is 4.89. The molecule has 0 amide bonds. The van der Waals surface area contributed by atoms with Gasteiger partial charge in [0.15, 0.2) is 0 Å². The van der Waals surface area contributed by atoms with Gasteiger partial charge in [-0.1, -0.05) is 43.7 Å². The van der Waals surface area contributed by atoms with Crippen LogP contribution in [0.5, 0.6) is 0 Å². The minimum absolute atomic E-state index is 0. The summed E-state index contributed by atoms with van der Waals surface area (Å²) in [6, 6.07) is 8.71. The van der Waals surface area contributed by atoms with Gasteiger partial charge in [-0.2, -0.15) is 0 Å². The van der Waals surface area contributed by atoms with Gasteiger partial charge in [-0.3, -0.25) is 0 Å². The van der Waals surface area contributed by atoms with E-state index in [1.165, 1.54) is 11.1 Å². The molecule has 0 N–H and O–H groups in total. The Labute approximate surface area is 117 Å². The molecule has 0 aliphatic rings. The molecule has 1 rings (SSSR count). The summed E-state index contributed by atoms with van der Waals surface area (Å²) in [7, 11) is 0. The van der Waals surface area contributed by atoms with Crippen LogP contribution in [0.2, 0.25) is 0 Å². The number of benzene rings is 1. The molecule has 0 aliphatic heterocycles. The molecule has 0 bridgehead atoms. The van der Waals surface area contributed by atoms with Crippen LogP contribution in [0.3, 0.4) is 0 Å². The molecule has 0 unspecified atom stereocenters. The van der Waals surface area contributed by atoms with E-state index in [1.807, 2.05) is 0 Å². The molecule has 0 saturated carbocycles. The molecule has 0 spiro atoms. The molecule has 1 aromatic carbocycles. The van der Waals surface area contributed by atoms with Crippen LogP contribution in [0, 0.1) is 6.92 Å². The molecular weight excluding hydrogens is 475 g/mol. The number of aryl methyl sites for hydroxylation is 1. The molecule has 13 heavy (non-hydrogen) atoms. The third-order valence-electron chi connectivity index (χ3n) is 1.74. The van der Waals surface area contributed by atoms with Gasteiger partial charge in [0.1, 0.15) is 0 Å². The van der Waals surface area contributed by atoms with Gasteiger partial charge in [0.05, 0.1) is 0 Å². The van der Waals surface area contributed by atoms with Crippen LogP contribution in [-0.2, 0) is 19.5 Å². The van der Waals surface area contributed by atoms with Crippen molar-refractivity contribution >= 4 is 37.2 Å². The van der Waals surface area contributed by atoms with Crippen LogP contribution in [0.1, 0.15) is 30.9 Å². The van der Waals surface area contributed by atoms with Gasteiger partial charge in [0.2, 0.25) is 0 Å². The fraction of sp³-hybridized carbons (Fsp3) is 0.400. The summed E-state index contributed by atoms with van der Waals surface area (Å²) in [5, 5.41) is 0. The van der Waals surface area contributed by atoms with Crippen molar-refractivity contribution in [3.63, 3.8) is 0 Å². The van der Waals surface area contributed by atoms with E-state index in [1.54, 1.807) is 0 Å². The SMILES string of the molecule is Cc1ccc(C(C)C)cc1.II.[Ru]. The van der Waals surface area contributed by atoms with Crippen molar-refractivity contribution in [1.82, 2.24) is 0 Å². The zero-order valence-corrected chi connectivity index (χ0v) is 14.0. The molecule has 76 valence electrons. The monoisotopic (exact) mass is 490 g/mol. The maximum absolute atomic E-state index is 2.21. The molecule has 0 nitrogen and oxygen atoms in total. The summed E-state index contributed by atoms with van der Waals surface area (Å²) in [5.41, 5.74) is 2.76. The number of rotatable bonds is 1. The standard InChI is InChI=1S/C10H14.I2.Ru/c1-8(2)10-6-4-9(3)5-7-10;1-2;/h4-8H,1-3H3;;. The van der Waals surface area contributed by atoms with E-state index in [2.05, 4.69) is 82.3 Å². The van der Waals surface area contributed by atoms with Gasteiger partial charge in [-0.25, -0.2) is 0 Å². The molecule has 1 aromatic rings. The zero-order valence-electron chi connectivity index (χ0n) is 8.00. The van der Waals surface area contributed by atoms with E-state index in [9.17, 15) is 0 Å². The molecule has 0 saturated heterocycles. The van der Waals surface area contributed by atoms with E-state index >= 15 is 0 Å². The fourth-order valence-electron chi connectivity index (χ4n) is 0.951. The molecule has 0 radical (unpaired) electrons. The summed E-state index contributed by atoms with van der Waals surface area (Å²) in [5.74, 6) is 0.653. The van der Waals surface area contributed by atoms with Crippen LogP contribution in [0.4, 0.5) is 0 Å². The largest absolute Gasteiger partial charge is 0.0590 e. The Bertz CT molecular complexity index is 207. The Hall–Kier alpha value is 1.30. The Kier molecular flexibility index (Phi) is 12.7. The summed E-state index contributed by atoms with van der Waals surface area (Å²) in [6.07, 6.45) is 0. The van der Waals surface area contributed by atoms with E-state index in [-0.39, 0.29) is 19.5 Å². The third kappa shape index (κ3) is 7.26. The van der Waals surface area contributed by atoms with Crippen LogP contribution < -0.4 is 0 Å². The van der Waals surface area contributed by atoms with E-state index in [4.69, 9.17) is 0 Å². The summed E-state index contributed by atoms with van der Waals surface area (Å²) in [6.45, 7) is 6.54. The van der Waals surface area contributed by atoms with Crippen molar-refractivity contribution in [2.45, 2.75) is 26.7 Å². The first-order valence-electron chi connectivity index (χ1n) is 3.91. The minimum Gasteiger partial charge on any atom is -0.0590 e. The molecular formula is C10H14I2Ru. The van der Waals surface area contributed by atoms with E-state index in [0.29, 0.717) is 5.92 Å². The van der Waals surface area contributed by atoms with Crippen molar-refractivity contribution in [2.75, 3.05) is 0 Å². The van der Waals surface area contributed by atoms with Crippen LogP contribution in [0.25, 0.3) is 0 Å². The maximum Gasteiger partial charge on any atom is 0 e. The van der Waals surface area contributed by atoms with Crippen LogP contribution in [0.15, 0.2) is 24.3 Å². The second-order valence-electron chi connectivity index (χ2n) is 3.07. The van der Waals surface area contributed by atoms with Crippen molar-refractivity contribution in [3.8, 4) is 0 Å². The second-order valence-corrected chi connectivity index (χ2v) is 3.07. The quantitative estimate of drug-likeness (QED) is 0.390. The Morgan fingerprint density at radius 1 is 1.00 bits per heavy atom. The van der Waals surface area contributed by atoms with Crippen LogP contribution in [-0.4, -0.2) is 0 Å². The normalized spacial score (nSPS) is 8.46. The molecule has 0 aromatic heterocycles. The zero-order chi connectivity index (χ0) is 9.56. The van der Waals surface area contributed by atoms with Crippen LogP contribution >= 0.6 is 37.2 Å². The van der Waals surface area contributed by atoms with Crippen molar-refractivity contribution in [2.24, 2.45) is 0 Å². The van der Waals surface area contributed by atoms with Crippen molar-refractivity contribution in [3.05, 3.63) is 35.4 Å². The molecule has 0 aliphatic carbocycles. The molecule has 0 atom stereocenters. The van der Waals surface area contributed by atoms with Gasteiger partial charge in [0, 0.05) is 56.7 Å². The Balaban J connectivity index is 0. The summed E-state index contributed by atoms with van der Waals surface area (Å²) >= 11 is 4.24. The number of halogens is 2. The first-order valence-corrected chi connectivity index (χ1v) is 10.2. The predicted molar refractivity (Wildman–Crippen MR) is 73.3 cm³/mol. The van der Waals surface area contributed by atoms with Gasteiger partial charge in [0.25, 0.3) is 0 Å². The summed E-state index contributed by atoms with van der Waals surface area (Å²) in [4.78, 5) is 0. The van der Waals surface area contributed by atoms with Crippen molar-refractivity contribution < 1.29 is 19.5 Å². The topological polar surface area (TPSA) is 0 Å². The number of hydrogen-bond acceptors (Lipinski definition) is 0. The van der Waals surface area contributed by atoms with E-state index < -0.39 is 0 Å². The fourth-order valence-corrected chi connectivity index (χ4v) is 0.951. The smallest absolute Gasteiger partial charge is 0 e. The van der Waals surface area contributed by atoms with Gasteiger partial charge >= 0.3 is 0 Å². The number of hydrogen-bond donors (Lipinski definition) is 0. The Morgan fingerprint density at radius 3 is 1.69 bits per heavy atom. The van der Waals surface area contributed by atoms with E-state index in [0.717, 1.165) is 0 Å².